The summed E-state index contributed by atoms with van der Waals surface area (Å²) in [7, 11) is 0. The number of thioether (sulfide) groups is 1. The van der Waals surface area contributed by atoms with Gasteiger partial charge in [0.15, 0.2) is 0 Å². The standard InChI is InChI=1S/C11H8Cl2N2O3S/c1-5(10(16)17)19-11-15-14-9(18-11)7-3-2-6(12)4-8(7)13/h2-5H,1H3,(H,16,17)/t5-/m0/s1. The summed E-state index contributed by atoms with van der Waals surface area (Å²) < 4.78 is 5.36. The fourth-order valence-corrected chi connectivity index (χ4v) is 2.34. The minimum Gasteiger partial charge on any atom is -0.480 e. The predicted octanol–water partition coefficient (Wildman–Crippen LogP) is 3.61. The molecule has 0 amide bonds. The van der Waals surface area contributed by atoms with Crippen LogP contribution in [0.3, 0.4) is 0 Å². The van der Waals surface area contributed by atoms with Crippen LogP contribution in [0.15, 0.2) is 27.8 Å². The molecule has 0 radical (unpaired) electrons. The molecule has 1 heterocycles. The Kier molecular flexibility index (Phi) is 4.34. The summed E-state index contributed by atoms with van der Waals surface area (Å²) in [5.41, 5.74) is 0.549. The highest BCUT2D eigenvalue weighted by atomic mass is 35.5. The number of carbonyl (C=O) groups is 1. The quantitative estimate of drug-likeness (QED) is 0.868. The Balaban J connectivity index is 2.23. The molecule has 0 bridgehead atoms. The zero-order valence-corrected chi connectivity index (χ0v) is 12.0. The van der Waals surface area contributed by atoms with Gasteiger partial charge in [0.1, 0.15) is 5.25 Å². The Hall–Kier alpha value is -1.24. The third-order valence-electron chi connectivity index (χ3n) is 2.19. The van der Waals surface area contributed by atoms with E-state index in [0.717, 1.165) is 11.8 Å². The lowest BCUT2D eigenvalue weighted by atomic mass is 10.2. The minimum atomic E-state index is -0.950. The van der Waals surface area contributed by atoms with Gasteiger partial charge in [-0.2, -0.15) is 0 Å². The fourth-order valence-electron chi connectivity index (χ4n) is 1.23. The number of hydrogen-bond donors (Lipinski definition) is 1. The monoisotopic (exact) mass is 318 g/mol. The summed E-state index contributed by atoms with van der Waals surface area (Å²) in [5, 5.41) is 16.8. The molecule has 0 unspecified atom stereocenters. The van der Waals surface area contributed by atoms with Crippen molar-refractivity contribution in [1.29, 1.82) is 0 Å². The van der Waals surface area contributed by atoms with E-state index in [1.165, 1.54) is 6.92 Å². The zero-order chi connectivity index (χ0) is 14.0. The Bertz CT molecular complexity index is 618. The maximum atomic E-state index is 10.7. The lowest BCUT2D eigenvalue weighted by Crippen LogP contribution is -2.10. The SMILES string of the molecule is C[C@H](Sc1nnc(-c2ccc(Cl)cc2Cl)o1)C(=O)O. The molecule has 5 nitrogen and oxygen atoms in total. The second kappa shape index (κ2) is 5.81. The fraction of sp³-hybridized carbons (Fsp3) is 0.182. The van der Waals surface area contributed by atoms with Crippen LogP contribution >= 0.6 is 35.0 Å². The van der Waals surface area contributed by atoms with E-state index < -0.39 is 11.2 Å². The molecule has 1 N–H and O–H groups in total. The maximum absolute atomic E-state index is 10.7. The number of aromatic nitrogens is 2. The van der Waals surface area contributed by atoms with Gasteiger partial charge in [0.25, 0.3) is 5.22 Å². The van der Waals surface area contributed by atoms with Gasteiger partial charge in [-0.3, -0.25) is 4.79 Å². The molecule has 8 heteroatoms. The first kappa shape index (κ1) is 14.2. The number of benzene rings is 1. The molecule has 0 saturated carbocycles. The number of aliphatic carboxylic acids is 1. The highest BCUT2D eigenvalue weighted by Gasteiger charge is 2.18. The largest absolute Gasteiger partial charge is 0.480 e. The summed E-state index contributed by atoms with van der Waals surface area (Å²) in [6.45, 7) is 1.53. The lowest BCUT2D eigenvalue weighted by Gasteiger charge is -2.00. The van der Waals surface area contributed by atoms with Crippen LogP contribution in [0.4, 0.5) is 0 Å². The van der Waals surface area contributed by atoms with Crippen LogP contribution < -0.4 is 0 Å². The molecule has 19 heavy (non-hydrogen) atoms. The van der Waals surface area contributed by atoms with Crippen molar-refractivity contribution in [2.24, 2.45) is 0 Å². The van der Waals surface area contributed by atoms with Crippen LogP contribution in [-0.4, -0.2) is 26.5 Å². The zero-order valence-electron chi connectivity index (χ0n) is 9.63. The molecule has 0 aliphatic heterocycles. The van der Waals surface area contributed by atoms with E-state index in [1.54, 1.807) is 18.2 Å². The highest BCUT2D eigenvalue weighted by molar-refractivity contribution is 8.00. The molecular formula is C11H8Cl2N2O3S. The van der Waals surface area contributed by atoms with Crippen molar-refractivity contribution in [1.82, 2.24) is 10.2 Å². The summed E-state index contributed by atoms with van der Waals surface area (Å²) in [6, 6.07) is 4.88. The first-order valence-electron chi connectivity index (χ1n) is 5.16. The van der Waals surface area contributed by atoms with Crippen molar-refractivity contribution in [2.45, 2.75) is 17.4 Å². The highest BCUT2D eigenvalue weighted by Crippen LogP contribution is 2.31. The van der Waals surface area contributed by atoms with E-state index in [0.29, 0.717) is 15.6 Å². The molecule has 1 aromatic carbocycles. The van der Waals surface area contributed by atoms with E-state index in [-0.39, 0.29) is 11.1 Å². The molecule has 0 spiro atoms. The first-order valence-corrected chi connectivity index (χ1v) is 6.79. The van der Waals surface area contributed by atoms with Crippen molar-refractivity contribution in [3.8, 4) is 11.5 Å². The Morgan fingerprint density at radius 3 is 2.79 bits per heavy atom. The summed E-state index contributed by atoms with van der Waals surface area (Å²) in [5.74, 6) is -0.726. The van der Waals surface area contributed by atoms with Crippen molar-refractivity contribution >= 4 is 40.9 Å². The van der Waals surface area contributed by atoms with E-state index in [2.05, 4.69) is 10.2 Å². The van der Waals surface area contributed by atoms with Gasteiger partial charge >= 0.3 is 5.97 Å². The molecule has 0 fully saturated rings. The number of hydrogen-bond acceptors (Lipinski definition) is 5. The van der Waals surface area contributed by atoms with Crippen molar-refractivity contribution in [3.05, 3.63) is 28.2 Å². The van der Waals surface area contributed by atoms with E-state index in [9.17, 15) is 4.79 Å². The number of halogens is 2. The smallest absolute Gasteiger partial charge is 0.316 e. The van der Waals surface area contributed by atoms with Crippen LogP contribution in [0.5, 0.6) is 0 Å². The van der Waals surface area contributed by atoms with Crippen molar-refractivity contribution in [2.75, 3.05) is 0 Å². The Morgan fingerprint density at radius 1 is 1.42 bits per heavy atom. The molecule has 1 atom stereocenters. The molecule has 2 aromatic rings. The van der Waals surface area contributed by atoms with Gasteiger partial charge in [-0.05, 0) is 25.1 Å². The molecule has 2 rings (SSSR count). The van der Waals surface area contributed by atoms with E-state index in [4.69, 9.17) is 32.7 Å². The van der Waals surface area contributed by atoms with Gasteiger partial charge < -0.3 is 9.52 Å². The number of nitrogens with zero attached hydrogens (tertiary/aromatic N) is 2. The molecule has 100 valence electrons. The predicted molar refractivity (Wildman–Crippen MR) is 72.7 cm³/mol. The van der Waals surface area contributed by atoms with Gasteiger partial charge in [0.05, 0.1) is 10.6 Å². The van der Waals surface area contributed by atoms with Crippen LogP contribution in [0.25, 0.3) is 11.5 Å². The molecule has 0 aliphatic carbocycles. The topological polar surface area (TPSA) is 76.2 Å². The van der Waals surface area contributed by atoms with Gasteiger partial charge in [-0.25, -0.2) is 0 Å². The van der Waals surface area contributed by atoms with Crippen molar-refractivity contribution < 1.29 is 14.3 Å². The summed E-state index contributed by atoms with van der Waals surface area (Å²) in [6.07, 6.45) is 0. The van der Waals surface area contributed by atoms with E-state index >= 15 is 0 Å². The van der Waals surface area contributed by atoms with Gasteiger partial charge in [0.2, 0.25) is 5.89 Å². The number of carboxylic acids is 1. The van der Waals surface area contributed by atoms with Gasteiger partial charge in [-0.15, -0.1) is 10.2 Å². The molecule has 1 aromatic heterocycles. The van der Waals surface area contributed by atoms with Gasteiger partial charge in [0, 0.05) is 5.02 Å². The number of carboxylic acid groups (broad SMARTS) is 1. The Labute approximate surface area is 122 Å². The van der Waals surface area contributed by atoms with Crippen LogP contribution in [0.2, 0.25) is 10.0 Å². The minimum absolute atomic E-state index is 0.177. The molecular weight excluding hydrogens is 311 g/mol. The summed E-state index contributed by atoms with van der Waals surface area (Å²) >= 11 is 12.8. The normalized spacial score (nSPS) is 12.4. The third kappa shape index (κ3) is 3.40. The van der Waals surface area contributed by atoms with E-state index in [1.807, 2.05) is 0 Å². The van der Waals surface area contributed by atoms with Crippen LogP contribution in [0, 0.1) is 0 Å². The van der Waals surface area contributed by atoms with Crippen LogP contribution in [0.1, 0.15) is 6.92 Å². The first-order chi connectivity index (χ1) is 8.97. The number of rotatable bonds is 4. The van der Waals surface area contributed by atoms with Crippen LogP contribution in [-0.2, 0) is 4.79 Å². The lowest BCUT2D eigenvalue weighted by molar-refractivity contribution is -0.136. The average Bonchev–Trinajstić information content (AvgIpc) is 2.77. The second-order valence-corrected chi connectivity index (χ2v) is 5.73. The maximum Gasteiger partial charge on any atom is 0.316 e. The Morgan fingerprint density at radius 2 is 2.16 bits per heavy atom. The average molecular weight is 319 g/mol. The molecule has 0 saturated heterocycles. The van der Waals surface area contributed by atoms with Crippen molar-refractivity contribution in [3.63, 3.8) is 0 Å². The summed E-state index contributed by atoms with van der Waals surface area (Å²) in [4.78, 5) is 10.7. The third-order valence-corrected chi connectivity index (χ3v) is 3.66. The molecule has 0 aliphatic rings. The second-order valence-electron chi connectivity index (χ2n) is 3.60. The van der Waals surface area contributed by atoms with Gasteiger partial charge in [-0.1, -0.05) is 35.0 Å².